The van der Waals surface area contributed by atoms with E-state index in [-0.39, 0.29) is 11.6 Å². The van der Waals surface area contributed by atoms with Crippen LogP contribution in [0.25, 0.3) is 6.08 Å². The lowest BCUT2D eigenvalue weighted by molar-refractivity contribution is -0.384. The van der Waals surface area contributed by atoms with Gasteiger partial charge >= 0.3 is 0 Å². The van der Waals surface area contributed by atoms with Crippen LogP contribution < -0.4 is 5.32 Å². The maximum atomic E-state index is 11.7. The molecule has 0 atom stereocenters. The molecule has 1 aliphatic heterocycles. The Bertz CT molecular complexity index is 553. The third kappa shape index (κ3) is 5.27. The van der Waals surface area contributed by atoms with Crippen molar-refractivity contribution in [2.45, 2.75) is 0 Å². The van der Waals surface area contributed by atoms with Gasteiger partial charge in [-0.05, 0) is 11.6 Å². The van der Waals surface area contributed by atoms with Crippen molar-refractivity contribution < 1.29 is 14.5 Å². The first kappa shape index (κ1) is 16.1. The van der Waals surface area contributed by atoms with E-state index in [2.05, 4.69) is 10.2 Å². The maximum absolute atomic E-state index is 11.7. The summed E-state index contributed by atoms with van der Waals surface area (Å²) < 4.78 is 5.25. The standard InChI is InChI=1S/C15H19N3O4/c19-15(16-6-7-17-8-10-22-11-9-17)5-4-13-2-1-3-14(12-13)18(20)21/h1-5,12H,6-11H2,(H,16,19). The van der Waals surface area contributed by atoms with Crippen LogP contribution in [0.1, 0.15) is 5.56 Å². The van der Waals surface area contributed by atoms with Crippen molar-refractivity contribution in [3.05, 3.63) is 46.0 Å². The molecular formula is C15H19N3O4. The number of hydrogen-bond donors (Lipinski definition) is 1. The average Bonchev–Trinajstić information content (AvgIpc) is 2.54. The number of ether oxygens (including phenoxy) is 1. The van der Waals surface area contributed by atoms with Gasteiger partial charge in [0.2, 0.25) is 5.91 Å². The number of nitro groups is 1. The molecule has 7 heteroatoms. The molecule has 118 valence electrons. The van der Waals surface area contributed by atoms with Gasteiger partial charge < -0.3 is 10.1 Å². The molecule has 0 aromatic heterocycles. The van der Waals surface area contributed by atoms with Crippen molar-refractivity contribution >= 4 is 17.7 Å². The van der Waals surface area contributed by atoms with Gasteiger partial charge in [0.15, 0.2) is 0 Å². The molecule has 1 aromatic carbocycles. The molecular weight excluding hydrogens is 286 g/mol. The second kappa shape index (κ2) is 8.26. The fourth-order valence-corrected chi connectivity index (χ4v) is 2.13. The van der Waals surface area contributed by atoms with Crippen molar-refractivity contribution in [1.82, 2.24) is 10.2 Å². The summed E-state index contributed by atoms with van der Waals surface area (Å²) in [7, 11) is 0. The Balaban J connectivity index is 1.76. The highest BCUT2D eigenvalue weighted by atomic mass is 16.6. The summed E-state index contributed by atoms with van der Waals surface area (Å²) in [5.74, 6) is -0.209. The molecule has 0 saturated carbocycles. The first-order valence-electron chi connectivity index (χ1n) is 7.15. The third-order valence-electron chi connectivity index (χ3n) is 3.34. The number of amides is 1. The number of nitro benzene ring substituents is 1. The Hall–Kier alpha value is -2.25. The zero-order valence-corrected chi connectivity index (χ0v) is 12.2. The summed E-state index contributed by atoms with van der Waals surface area (Å²) >= 11 is 0. The number of rotatable bonds is 6. The molecule has 0 spiro atoms. The molecule has 0 radical (unpaired) electrons. The number of benzene rings is 1. The Labute approximate surface area is 128 Å². The number of nitrogens with one attached hydrogen (secondary N) is 1. The summed E-state index contributed by atoms with van der Waals surface area (Å²) in [6, 6.07) is 6.15. The normalized spacial score (nSPS) is 15.8. The number of hydrogen-bond acceptors (Lipinski definition) is 5. The van der Waals surface area contributed by atoms with E-state index in [1.54, 1.807) is 18.2 Å². The monoisotopic (exact) mass is 305 g/mol. The lowest BCUT2D eigenvalue weighted by atomic mass is 10.2. The summed E-state index contributed by atoms with van der Waals surface area (Å²) in [6.07, 6.45) is 2.95. The molecule has 0 unspecified atom stereocenters. The van der Waals surface area contributed by atoms with E-state index in [9.17, 15) is 14.9 Å². The number of carbonyl (C=O) groups excluding carboxylic acids is 1. The lowest BCUT2D eigenvalue weighted by Gasteiger charge is -2.26. The highest BCUT2D eigenvalue weighted by Crippen LogP contribution is 2.13. The van der Waals surface area contributed by atoms with Gasteiger partial charge in [0.1, 0.15) is 0 Å². The van der Waals surface area contributed by atoms with Crippen LogP contribution in [0.5, 0.6) is 0 Å². The third-order valence-corrected chi connectivity index (χ3v) is 3.34. The minimum Gasteiger partial charge on any atom is -0.379 e. The maximum Gasteiger partial charge on any atom is 0.270 e. The Kier molecular flexibility index (Phi) is 6.05. The summed E-state index contributed by atoms with van der Waals surface area (Å²) in [6.45, 7) is 4.61. The fraction of sp³-hybridized carbons (Fsp3) is 0.400. The van der Waals surface area contributed by atoms with Crippen molar-refractivity contribution in [3.63, 3.8) is 0 Å². The minimum atomic E-state index is -0.459. The zero-order chi connectivity index (χ0) is 15.8. The molecule has 2 rings (SSSR count). The Morgan fingerprint density at radius 1 is 1.41 bits per heavy atom. The van der Waals surface area contributed by atoms with Crippen molar-refractivity contribution in [3.8, 4) is 0 Å². The van der Waals surface area contributed by atoms with Crippen molar-refractivity contribution in [1.29, 1.82) is 0 Å². The lowest BCUT2D eigenvalue weighted by Crippen LogP contribution is -2.41. The minimum absolute atomic E-state index is 0.00914. The van der Waals surface area contributed by atoms with E-state index >= 15 is 0 Å². The van der Waals surface area contributed by atoms with Crippen LogP contribution >= 0.6 is 0 Å². The zero-order valence-electron chi connectivity index (χ0n) is 12.2. The van der Waals surface area contributed by atoms with Crippen LogP contribution in [0.15, 0.2) is 30.3 Å². The second-order valence-electron chi connectivity index (χ2n) is 4.93. The predicted octanol–water partition coefficient (Wildman–Crippen LogP) is 1.06. The number of nitrogens with zero attached hydrogens (tertiary/aromatic N) is 2. The first-order valence-corrected chi connectivity index (χ1v) is 7.15. The van der Waals surface area contributed by atoms with Crippen LogP contribution in [0.2, 0.25) is 0 Å². The Morgan fingerprint density at radius 3 is 2.91 bits per heavy atom. The number of carbonyl (C=O) groups is 1. The molecule has 1 saturated heterocycles. The summed E-state index contributed by atoms with van der Waals surface area (Å²) in [5.41, 5.74) is 0.632. The van der Waals surface area contributed by atoms with Gasteiger partial charge in [0, 0.05) is 44.4 Å². The van der Waals surface area contributed by atoms with Gasteiger partial charge in [-0.3, -0.25) is 19.8 Å². The van der Waals surface area contributed by atoms with Crippen LogP contribution in [-0.4, -0.2) is 55.1 Å². The molecule has 22 heavy (non-hydrogen) atoms. The van der Waals surface area contributed by atoms with Crippen LogP contribution in [-0.2, 0) is 9.53 Å². The molecule has 0 aliphatic carbocycles. The highest BCUT2D eigenvalue weighted by Gasteiger charge is 2.09. The highest BCUT2D eigenvalue weighted by molar-refractivity contribution is 5.91. The topological polar surface area (TPSA) is 84.7 Å². The molecule has 1 aromatic rings. The van der Waals surface area contributed by atoms with Crippen LogP contribution in [0, 0.1) is 10.1 Å². The second-order valence-corrected chi connectivity index (χ2v) is 4.93. The van der Waals surface area contributed by atoms with E-state index < -0.39 is 4.92 Å². The van der Waals surface area contributed by atoms with Gasteiger partial charge in [-0.25, -0.2) is 0 Å². The van der Waals surface area contributed by atoms with E-state index in [0.29, 0.717) is 12.1 Å². The van der Waals surface area contributed by atoms with Gasteiger partial charge in [-0.15, -0.1) is 0 Å². The fourth-order valence-electron chi connectivity index (χ4n) is 2.13. The number of non-ortho nitro benzene ring substituents is 1. The molecule has 1 aliphatic rings. The predicted molar refractivity (Wildman–Crippen MR) is 82.4 cm³/mol. The summed E-state index contributed by atoms with van der Waals surface area (Å²) in [5, 5.41) is 13.5. The molecule has 1 amide bonds. The van der Waals surface area contributed by atoms with Gasteiger partial charge in [0.05, 0.1) is 18.1 Å². The largest absolute Gasteiger partial charge is 0.379 e. The van der Waals surface area contributed by atoms with Gasteiger partial charge in [-0.1, -0.05) is 12.1 Å². The Morgan fingerprint density at radius 2 is 2.18 bits per heavy atom. The summed E-state index contributed by atoms with van der Waals surface area (Å²) in [4.78, 5) is 24.1. The van der Waals surface area contributed by atoms with Gasteiger partial charge in [-0.2, -0.15) is 0 Å². The molecule has 1 heterocycles. The van der Waals surface area contributed by atoms with Gasteiger partial charge in [0.25, 0.3) is 5.69 Å². The van der Waals surface area contributed by atoms with Crippen molar-refractivity contribution in [2.75, 3.05) is 39.4 Å². The molecule has 1 N–H and O–H groups in total. The van der Waals surface area contributed by atoms with E-state index in [0.717, 1.165) is 32.8 Å². The smallest absolute Gasteiger partial charge is 0.270 e. The first-order chi connectivity index (χ1) is 10.6. The van der Waals surface area contributed by atoms with Crippen LogP contribution in [0.4, 0.5) is 5.69 Å². The van der Waals surface area contributed by atoms with Crippen molar-refractivity contribution in [2.24, 2.45) is 0 Å². The van der Waals surface area contributed by atoms with Crippen LogP contribution in [0.3, 0.4) is 0 Å². The van der Waals surface area contributed by atoms with E-state index in [1.165, 1.54) is 18.2 Å². The average molecular weight is 305 g/mol. The molecule has 7 nitrogen and oxygen atoms in total. The molecule has 1 fully saturated rings. The SMILES string of the molecule is O=C(C=Cc1cccc([N+](=O)[O-])c1)NCCN1CCOCC1. The van der Waals surface area contributed by atoms with E-state index in [4.69, 9.17) is 4.74 Å². The quantitative estimate of drug-likeness (QED) is 0.482. The van der Waals surface area contributed by atoms with E-state index in [1.807, 2.05) is 0 Å². The molecule has 0 bridgehead atoms. The number of morpholine rings is 1.